The summed E-state index contributed by atoms with van der Waals surface area (Å²) in [6, 6.07) is 11.6. The molecule has 24 heavy (non-hydrogen) atoms. The lowest BCUT2D eigenvalue weighted by atomic mass is 10.1. The van der Waals surface area contributed by atoms with Gasteiger partial charge in [-0.3, -0.25) is 4.79 Å². The molecule has 8 heteroatoms. The molecule has 0 fully saturated rings. The second kappa shape index (κ2) is 7.98. The number of rotatable bonds is 6. The van der Waals surface area contributed by atoms with Gasteiger partial charge in [0, 0.05) is 6.54 Å². The molecule has 0 saturated carbocycles. The first kappa shape index (κ1) is 18.7. The molecule has 128 valence electrons. The van der Waals surface area contributed by atoms with Gasteiger partial charge in [-0.15, -0.1) is 0 Å². The van der Waals surface area contributed by atoms with Gasteiger partial charge in [-0.25, -0.2) is 13.1 Å². The quantitative estimate of drug-likeness (QED) is 0.801. The molecule has 2 rings (SSSR count). The van der Waals surface area contributed by atoms with E-state index in [0.29, 0.717) is 6.54 Å². The SMILES string of the molecule is Cc1ccc(CNC(=O)CNS(=O)(=O)c2ccc(Cl)c(Cl)c2)cc1. The van der Waals surface area contributed by atoms with E-state index in [4.69, 9.17) is 23.2 Å². The van der Waals surface area contributed by atoms with E-state index in [-0.39, 0.29) is 21.5 Å². The third kappa shape index (κ3) is 5.21. The molecule has 0 spiro atoms. The first-order valence-electron chi connectivity index (χ1n) is 7.05. The highest BCUT2D eigenvalue weighted by Crippen LogP contribution is 2.24. The summed E-state index contributed by atoms with van der Waals surface area (Å²) in [4.78, 5) is 11.7. The summed E-state index contributed by atoms with van der Waals surface area (Å²) in [6.07, 6.45) is 0. The second-order valence-electron chi connectivity index (χ2n) is 5.16. The van der Waals surface area contributed by atoms with Crippen molar-refractivity contribution < 1.29 is 13.2 Å². The third-order valence-electron chi connectivity index (χ3n) is 3.23. The minimum Gasteiger partial charge on any atom is -0.351 e. The van der Waals surface area contributed by atoms with Crippen LogP contribution in [-0.2, 0) is 21.4 Å². The van der Waals surface area contributed by atoms with Crippen LogP contribution >= 0.6 is 23.2 Å². The Bertz CT molecular complexity index is 837. The number of hydrogen-bond acceptors (Lipinski definition) is 3. The van der Waals surface area contributed by atoms with Crippen molar-refractivity contribution in [1.29, 1.82) is 0 Å². The lowest BCUT2D eigenvalue weighted by Gasteiger charge is -2.09. The minimum atomic E-state index is -3.84. The van der Waals surface area contributed by atoms with E-state index < -0.39 is 15.9 Å². The molecule has 0 unspecified atom stereocenters. The Balaban J connectivity index is 1.90. The van der Waals surface area contributed by atoms with E-state index in [1.54, 1.807) is 0 Å². The smallest absolute Gasteiger partial charge is 0.241 e. The highest BCUT2D eigenvalue weighted by Gasteiger charge is 2.16. The highest BCUT2D eigenvalue weighted by molar-refractivity contribution is 7.89. The predicted octanol–water partition coefficient (Wildman–Crippen LogP) is 2.90. The summed E-state index contributed by atoms with van der Waals surface area (Å²) >= 11 is 11.6. The summed E-state index contributed by atoms with van der Waals surface area (Å²) in [5.41, 5.74) is 2.06. The number of amides is 1. The molecule has 2 aromatic rings. The number of benzene rings is 2. The predicted molar refractivity (Wildman–Crippen MR) is 94.7 cm³/mol. The first-order valence-corrected chi connectivity index (χ1v) is 9.29. The Morgan fingerprint density at radius 3 is 2.33 bits per heavy atom. The van der Waals surface area contributed by atoms with Crippen LogP contribution < -0.4 is 10.0 Å². The lowest BCUT2D eigenvalue weighted by Crippen LogP contribution is -2.36. The molecule has 0 saturated heterocycles. The van der Waals surface area contributed by atoms with Gasteiger partial charge in [-0.1, -0.05) is 53.0 Å². The van der Waals surface area contributed by atoms with E-state index in [1.807, 2.05) is 31.2 Å². The summed E-state index contributed by atoms with van der Waals surface area (Å²) in [6.45, 7) is 1.93. The van der Waals surface area contributed by atoms with Gasteiger partial charge in [0.15, 0.2) is 0 Å². The van der Waals surface area contributed by atoms with Crippen LogP contribution in [0.4, 0.5) is 0 Å². The van der Waals surface area contributed by atoms with Crippen LogP contribution in [-0.4, -0.2) is 20.9 Å². The maximum absolute atomic E-state index is 12.1. The van der Waals surface area contributed by atoms with Crippen LogP contribution in [0.5, 0.6) is 0 Å². The molecule has 0 radical (unpaired) electrons. The van der Waals surface area contributed by atoms with Gasteiger partial charge in [0.2, 0.25) is 15.9 Å². The van der Waals surface area contributed by atoms with Gasteiger partial charge in [0.25, 0.3) is 0 Å². The van der Waals surface area contributed by atoms with Crippen LogP contribution in [0.1, 0.15) is 11.1 Å². The van der Waals surface area contributed by atoms with Crippen molar-refractivity contribution in [3.8, 4) is 0 Å². The fourth-order valence-electron chi connectivity index (χ4n) is 1.86. The zero-order valence-corrected chi connectivity index (χ0v) is 15.2. The van der Waals surface area contributed by atoms with Crippen LogP contribution in [0.15, 0.2) is 47.4 Å². The average molecular weight is 387 g/mol. The molecule has 5 nitrogen and oxygen atoms in total. The number of sulfonamides is 1. The minimum absolute atomic E-state index is 0.0526. The van der Waals surface area contributed by atoms with Crippen molar-refractivity contribution in [2.45, 2.75) is 18.4 Å². The van der Waals surface area contributed by atoms with Gasteiger partial charge < -0.3 is 5.32 Å². The van der Waals surface area contributed by atoms with Crippen molar-refractivity contribution in [3.05, 3.63) is 63.6 Å². The second-order valence-corrected chi connectivity index (χ2v) is 7.74. The molecule has 0 aliphatic heterocycles. The van der Waals surface area contributed by atoms with E-state index in [0.717, 1.165) is 11.1 Å². The topological polar surface area (TPSA) is 75.3 Å². The Morgan fingerprint density at radius 2 is 1.71 bits per heavy atom. The average Bonchev–Trinajstić information content (AvgIpc) is 2.55. The summed E-state index contributed by atoms with van der Waals surface area (Å²) in [7, 11) is -3.84. The molecule has 0 atom stereocenters. The van der Waals surface area contributed by atoms with Crippen molar-refractivity contribution >= 4 is 39.1 Å². The Morgan fingerprint density at radius 1 is 1.04 bits per heavy atom. The molecule has 0 aliphatic rings. The monoisotopic (exact) mass is 386 g/mol. The number of hydrogen-bond donors (Lipinski definition) is 2. The fourth-order valence-corrected chi connectivity index (χ4v) is 3.23. The molecule has 0 aromatic heterocycles. The fraction of sp³-hybridized carbons (Fsp3) is 0.188. The third-order valence-corrected chi connectivity index (χ3v) is 5.37. The van der Waals surface area contributed by atoms with E-state index in [1.165, 1.54) is 18.2 Å². The van der Waals surface area contributed by atoms with Crippen LogP contribution in [0.3, 0.4) is 0 Å². The number of halogens is 2. The van der Waals surface area contributed by atoms with Crippen molar-refractivity contribution in [2.75, 3.05) is 6.54 Å². The lowest BCUT2D eigenvalue weighted by molar-refractivity contribution is -0.120. The van der Waals surface area contributed by atoms with Crippen LogP contribution in [0.2, 0.25) is 10.0 Å². The molecule has 2 aromatic carbocycles. The number of carbonyl (C=O) groups excluding carboxylic acids is 1. The molecule has 1 amide bonds. The van der Waals surface area contributed by atoms with Crippen molar-refractivity contribution in [1.82, 2.24) is 10.0 Å². The number of nitrogens with one attached hydrogen (secondary N) is 2. The van der Waals surface area contributed by atoms with E-state index in [2.05, 4.69) is 10.0 Å². The molecule has 2 N–H and O–H groups in total. The van der Waals surface area contributed by atoms with E-state index in [9.17, 15) is 13.2 Å². The molecule has 0 heterocycles. The van der Waals surface area contributed by atoms with Crippen LogP contribution in [0, 0.1) is 6.92 Å². The maximum atomic E-state index is 12.1. The Kier molecular flexibility index (Phi) is 6.23. The molecule has 0 aliphatic carbocycles. The first-order chi connectivity index (χ1) is 11.3. The molecule has 0 bridgehead atoms. The number of aryl methyl sites for hydroxylation is 1. The summed E-state index contributed by atoms with van der Waals surface area (Å²) < 4.78 is 26.5. The number of carbonyl (C=O) groups is 1. The van der Waals surface area contributed by atoms with E-state index >= 15 is 0 Å². The van der Waals surface area contributed by atoms with Gasteiger partial charge in [0.05, 0.1) is 21.5 Å². The van der Waals surface area contributed by atoms with Crippen LogP contribution in [0.25, 0.3) is 0 Å². The molecular formula is C16H16Cl2N2O3S. The normalized spacial score (nSPS) is 11.3. The summed E-state index contributed by atoms with van der Waals surface area (Å²) in [5.74, 6) is -0.431. The zero-order chi connectivity index (χ0) is 17.7. The summed E-state index contributed by atoms with van der Waals surface area (Å²) in [5, 5.41) is 3.03. The Hall–Kier alpha value is -1.60. The maximum Gasteiger partial charge on any atom is 0.241 e. The molecular weight excluding hydrogens is 371 g/mol. The van der Waals surface area contributed by atoms with Gasteiger partial charge in [-0.05, 0) is 30.7 Å². The van der Waals surface area contributed by atoms with Gasteiger partial charge in [-0.2, -0.15) is 0 Å². The van der Waals surface area contributed by atoms with Crippen molar-refractivity contribution in [3.63, 3.8) is 0 Å². The largest absolute Gasteiger partial charge is 0.351 e. The highest BCUT2D eigenvalue weighted by atomic mass is 35.5. The zero-order valence-electron chi connectivity index (χ0n) is 12.8. The van der Waals surface area contributed by atoms with Crippen molar-refractivity contribution in [2.24, 2.45) is 0 Å². The van der Waals surface area contributed by atoms with Gasteiger partial charge in [0.1, 0.15) is 0 Å². The standard InChI is InChI=1S/C16H16Cl2N2O3S/c1-11-2-4-12(5-3-11)9-19-16(21)10-20-24(22,23)13-6-7-14(17)15(18)8-13/h2-8,20H,9-10H2,1H3,(H,19,21). The van der Waals surface area contributed by atoms with Gasteiger partial charge >= 0.3 is 0 Å². The Labute approximate surface area is 151 Å².